The Bertz CT molecular complexity index is 803. The number of amides is 1. The first kappa shape index (κ1) is 22.2. The highest BCUT2D eigenvalue weighted by Crippen LogP contribution is 2.29. The predicted molar refractivity (Wildman–Crippen MR) is 120 cm³/mol. The Morgan fingerprint density at radius 3 is 2.50 bits per heavy atom. The molecule has 0 unspecified atom stereocenters. The van der Waals surface area contributed by atoms with Crippen molar-refractivity contribution in [2.24, 2.45) is 0 Å². The summed E-state index contributed by atoms with van der Waals surface area (Å²) in [6.45, 7) is 3.12. The van der Waals surface area contributed by atoms with Gasteiger partial charge in [-0.05, 0) is 50.1 Å². The van der Waals surface area contributed by atoms with Crippen molar-refractivity contribution in [3.05, 3.63) is 59.7 Å². The molecular formula is C25H34N2O3. The molecule has 0 saturated heterocycles. The van der Waals surface area contributed by atoms with Crippen molar-refractivity contribution in [3.8, 4) is 11.5 Å². The fourth-order valence-electron chi connectivity index (χ4n) is 3.86. The normalized spacial score (nSPS) is 15.6. The third kappa shape index (κ3) is 6.23. The molecule has 0 heterocycles. The van der Waals surface area contributed by atoms with Gasteiger partial charge >= 0.3 is 0 Å². The molecule has 2 aromatic carbocycles. The number of nitrogens with one attached hydrogen (secondary N) is 1. The summed E-state index contributed by atoms with van der Waals surface area (Å²) in [5.74, 6) is 1.53. The predicted octanol–water partition coefficient (Wildman–Crippen LogP) is 4.54. The number of hydrogen-bond acceptors (Lipinski definition) is 4. The van der Waals surface area contributed by atoms with Gasteiger partial charge in [-0.15, -0.1) is 0 Å². The number of methoxy groups -OCH3 is 1. The summed E-state index contributed by atoms with van der Waals surface area (Å²) in [6, 6.07) is 16.2. The van der Waals surface area contributed by atoms with Crippen LogP contribution in [0.4, 0.5) is 0 Å². The van der Waals surface area contributed by atoms with Crippen molar-refractivity contribution in [1.29, 1.82) is 0 Å². The molecule has 0 radical (unpaired) electrons. The van der Waals surface area contributed by atoms with Crippen LogP contribution in [0.5, 0.6) is 11.5 Å². The quantitative estimate of drug-likeness (QED) is 0.659. The van der Waals surface area contributed by atoms with E-state index in [1.165, 1.54) is 19.3 Å². The highest BCUT2D eigenvalue weighted by molar-refractivity contribution is 5.81. The maximum Gasteiger partial charge on any atom is 0.237 e. The van der Waals surface area contributed by atoms with Crippen LogP contribution in [0.2, 0.25) is 0 Å². The molecule has 1 saturated carbocycles. The summed E-state index contributed by atoms with van der Waals surface area (Å²) < 4.78 is 11.5. The van der Waals surface area contributed by atoms with E-state index in [0.29, 0.717) is 24.9 Å². The number of hydrogen-bond donors (Lipinski definition) is 1. The lowest BCUT2D eigenvalue weighted by Gasteiger charge is -2.28. The van der Waals surface area contributed by atoms with Crippen molar-refractivity contribution in [1.82, 2.24) is 10.2 Å². The Morgan fingerprint density at radius 1 is 1.07 bits per heavy atom. The number of carbonyl (C=O) groups is 1. The van der Waals surface area contributed by atoms with Gasteiger partial charge in [0.1, 0.15) is 6.61 Å². The van der Waals surface area contributed by atoms with Crippen LogP contribution >= 0.6 is 0 Å². The SMILES string of the molecule is COc1cc(CN(C)[C@@H](C)C(=O)NC2CCCCC2)ccc1OCc1ccccc1. The Morgan fingerprint density at radius 2 is 1.80 bits per heavy atom. The second-order valence-corrected chi connectivity index (χ2v) is 8.19. The van der Waals surface area contributed by atoms with Gasteiger partial charge in [-0.1, -0.05) is 55.7 Å². The van der Waals surface area contributed by atoms with Gasteiger partial charge in [0.05, 0.1) is 13.2 Å². The molecule has 1 N–H and O–H groups in total. The molecule has 1 fully saturated rings. The number of carbonyl (C=O) groups excluding carboxylic acids is 1. The zero-order valence-electron chi connectivity index (χ0n) is 18.4. The summed E-state index contributed by atoms with van der Waals surface area (Å²) >= 11 is 0. The van der Waals surface area contributed by atoms with Gasteiger partial charge in [-0.2, -0.15) is 0 Å². The Kier molecular flexibility index (Phi) is 8.14. The molecule has 30 heavy (non-hydrogen) atoms. The number of benzene rings is 2. The lowest BCUT2D eigenvalue weighted by molar-refractivity contribution is -0.126. The molecule has 5 heteroatoms. The largest absolute Gasteiger partial charge is 0.493 e. The van der Waals surface area contributed by atoms with E-state index in [0.717, 1.165) is 29.7 Å². The van der Waals surface area contributed by atoms with Crippen LogP contribution in [0.1, 0.15) is 50.2 Å². The Labute approximate surface area is 180 Å². The summed E-state index contributed by atoms with van der Waals surface area (Å²) in [7, 11) is 3.63. The van der Waals surface area contributed by atoms with Gasteiger partial charge in [-0.3, -0.25) is 9.69 Å². The number of ether oxygens (including phenoxy) is 2. The second-order valence-electron chi connectivity index (χ2n) is 8.19. The number of rotatable bonds is 9. The fraction of sp³-hybridized carbons (Fsp3) is 0.480. The summed E-state index contributed by atoms with van der Waals surface area (Å²) in [5.41, 5.74) is 2.19. The van der Waals surface area contributed by atoms with E-state index >= 15 is 0 Å². The van der Waals surface area contributed by atoms with E-state index in [1.807, 2.05) is 62.5 Å². The number of likely N-dealkylation sites (N-methyl/N-ethyl adjacent to an activating group) is 1. The molecule has 162 valence electrons. The molecule has 0 bridgehead atoms. The minimum absolute atomic E-state index is 0.110. The van der Waals surface area contributed by atoms with Crippen LogP contribution < -0.4 is 14.8 Å². The van der Waals surface area contributed by atoms with Crippen molar-refractivity contribution in [2.45, 2.75) is 64.3 Å². The van der Waals surface area contributed by atoms with Gasteiger partial charge < -0.3 is 14.8 Å². The molecule has 1 aliphatic carbocycles. The van der Waals surface area contributed by atoms with Crippen LogP contribution in [-0.4, -0.2) is 37.0 Å². The molecule has 0 aromatic heterocycles. The Hall–Kier alpha value is -2.53. The first-order valence-electron chi connectivity index (χ1n) is 10.9. The third-order valence-corrected chi connectivity index (χ3v) is 5.89. The average Bonchev–Trinajstić information content (AvgIpc) is 2.78. The van der Waals surface area contributed by atoms with Gasteiger partial charge in [0.25, 0.3) is 0 Å². The standard InChI is InChI=1S/C25H34N2O3/c1-19(25(28)26-22-12-8-5-9-13-22)27(2)17-21-14-15-23(24(16-21)29-3)30-18-20-10-6-4-7-11-20/h4,6-7,10-11,14-16,19,22H,5,8-9,12-13,17-18H2,1-3H3,(H,26,28)/t19-/m0/s1. The van der Waals surface area contributed by atoms with Crippen LogP contribution in [0, 0.1) is 0 Å². The van der Waals surface area contributed by atoms with Crippen LogP contribution in [-0.2, 0) is 17.9 Å². The van der Waals surface area contributed by atoms with E-state index in [4.69, 9.17) is 9.47 Å². The van der Waals surface area contributed by atoms with Crippen molar-refractivity contribution in [3.63, 3.8) is 0 Å². The highest BCUT2D eigenvalue weighted by Gasteiger charge is 2.22. The van der Waals surface area contributed by atoms with Gasteiger partial charge in [0.2, 0.25) is 5.91 Å². The van der Waals surface area contributed by atoms with E-state index in [-0.39, 0.29) is 11.9 Å². The molecule has 0 spiro atoms. The van der Waals surface area contributed by atoms with Crippen molar-refractivity contribution >= 4 is 5.91 Å². The summed E-state index contributed by atoms with van der Waals surface area (Å²) in [4.78, 5) is 14.7. The van der Waals surface area contributed by atoms with E-state index in [9.17, 15) is 4.79 Å². The van der Waals surface area contributed by atoms with Crippen LogP contribution in [0.25, 0.3) is 0 Å². The van der Waals surface area contributed by atoms with Crippen molar-refractivity contribution in [2.75, 3.05) is 14.2 Å². The first-order chi connectivity index (χ1) is 14.6. The first-order valence-corrected chi connectivity index (χ1v) is 10.9. The minimum Gasteiger partial charge on any atom is -0.493 e. The maximum atomic E-state index is 12.6. The maximum absolute atomic E-state index is 12.6. The third-order valence-electron chi connectivity index (χ3n) is 5.89. The molecule has 0 aliphatic heterocycles. The van der Waals surface area contributed by atoms with Gasteiger partial charge in [-0.25, -0.2) is 0 Å². The van der Waals surface area contributed by atoms with Gasteiger partial charge in [0, 0.05) is 12.6 Å². The minimum atomic E-state index is -0.188. The monoisotopic (exact) mass is 410 g/mol. The highest BCUT2D eigenvalue weighted by atomic mass is 16.5. The molecule has 1 aliphatic rings. The lowest BCUT2D eigenvalue weighted by Crippen LogP contribution is -2.47. The van der Waals surface area contributed by atoms with E-state index in [2.05, 4.69) is 10.2 Å². The molecule has 3 rings (SSSR count). The number of nitrogens with zero attached hydrogens (tertiary/aromatic N) is 1. The van der Waals surface area contributed by atoms with Gasteiger partial charge in [0.15, 0.2) is 11.5 Å². The smallest absolute Gasteiger partial charge is 0.237 e. The topological polar surface area (TPSA) is 50.8 Å². The second kappa shape index (κ2) is 11.0. The molecular weight excluding hydrogens is 376 g/mol. The summed E-state index contributed by atoms with van der Waals surface area (Å²) in [5, 5.41) is 3.22. The lowest BCUT2D eigenvalue weighted by atomic mass is 9.95. The fourth-order valence-corrected chi connectivity index (χ4v) is 3.86. The Balaban J connectivity index is 1.56. The molecule has 1 amide bonds. The van der Waals surface area contributed by atoms with Crippen LogP contribution in [0.3, 0.4) is 0 Å². The zero-order chi connectivity index (χ0) is 21.3. The zero-order valence-corrected chi connectivity index (χ0v) is 18.4. The summed E-state index contributed by atoms with van der Waals surface area (Å²) in [6.07, 6.45) is 5.92. The molecule has 5 nitrogen and oxygen atoms in total. The molecule has 2 aromatic rings. The van der Waals surface area contributed by atoms with E-state index in [1.54, 1.807) is 7.11 Å². The van der Waals surface area contributed by atoms with E-state index < -0.39 is 0 Å². The van der Waals surface area contributed by atoms with Crippen LogP contribution in [0.15, 0.2) is 48.5 Å². The average molecular weight is 411 g/mol. The van der Waals surface area contributed by atoms with Crippen molar-refractivity contribution < 1.29 is 14.3 Å². The molecule has 1 atom stereocenters.